The van der Waals surface area contributed by atoms with E-state index in [-0.39, 0.29) is 18.1 Å². The number of hydrogen-bond donors (Lipinski definition) is 0. The van der Waals surface area contributed by atoms with Crippen molar-refractivity contribution in [3.8, 4) is 5.75 Å². The number of nitrogens with zero attached hydrogens (tertiary/aromatic N) is 2. The number of halogens is 2. The van der Waals surface area contributed by atoms with Crippen molar-refractivity contribution >= 4 is 17.7 Å². The Labute approximate surface area is 199 Å². The van der Waals surface area contributed by atoms with E-state index in [4.69, 9.17) is 0 Å². The zero-order valence-electron chi connectivity index (χ0n) is 19.6. The zero-order valence-corrected chi connectivity index (χ0v) is 19.6. The molecule has 0 aromatic heterocycles. The molecule has 0 saturated heterocycles. The van der Waals surface area contributed by atoms with Crippen LogP contribution in [-0.2, 0) is 17.8 Å². The molecule has 0 aliphatic rings. The van der Waals surface area contributed by atoms with Gasteiger partial charge in [0.1, 0.15) is 5.75 Å². The number of benzene rings is 3. The summed E-state index contributed by atoms with van der Waals surface area (Å²) >= 11 is 0. The van der Waals surface area contributed by atoms with Crippen LogP contribution < -0.4 is 4.74 Å². The molecule has 0 N–H and O–H groups in total. The van der Waals surface area contributed by atoms with Crippen LogP contribution in [0.2, 0.25) is 0 Å². The Morgan fingerprint density at radius 3 is 2.24 bits per heavy atom. The number of carbonyl (C=O) groups is 1. The molecule has 34 heavy (non-hydrogen) atoms. The van der Waals surface area contributed by atoms with E-state index in [0.717, 1.165) is 39.1 Å². The molecule has 3 rings (SSSR count). The SMILES string of the molecule is CC(=NCc1ccc(C=NCC(=O)Cc2c(C)cccc2C)cc1)c1ccc(OC(F)F)cc1. The topological polar surface area (TPSA) is 51.0 Å². The summed E-state index contributed by atoms with van der Waals surface area (Å²) in [4.78, 5) is 21.2. The average Bonchev–Trinajstić information content (AvgIpc) is 2.81. The first-order valence-electron chi connectivity index (χ1n) is 11.0. The summed E-state index contributed by atoms with van der Waals surface area (Å²) in [6.07, 6.45) is 2.11. The Bertz CT molecular complexity index is 1150. The van der Waals surface area contributed by atoms with Crippen LogP contribution in [0.3, 0.4) is 0 Å². The van der Waals surface area contributed by atoms with Crippen molar-refractivity contribution in [2.24, 2.45) is 9.98 Å². The van der Waals surface area contributed by atoms with Gasteiger partial charge in [0.05, 0.1) is 13.1 Å². The van der Waals surface area contributed by atoms with Crippen LogP contribution in [0.1, 0.15) is 40.3 Å². The van der Waals surface area contributed by atoms with Crippen LogP contribution in [0, 0.1) is 13.8 Å². The van der Waals surface area contributed by atoms with Crippen LogP contribution in [-0.4, -0.2) is 30.9 Å². The Hall–Kier alpha value is -3.67. The normalized spacial score (nSPS) is 11.9. The predicted molar refractivity (Wildman–Crippen MR) is 133 cm³/mol. The van der Waals surface area contributed by atoms with Crippen molar-refractivity contribution in [1.29, 1.82) is 0 Å². The highest BCUT2D eigenvalue weighted by atomic mass is 19.3. The lowest BCUT2D eigenvalue weighted by molar-refractivity contribution is -0.117. The first-order chi connectivity index (χ1) is 16.3. The van der Waals surface area contributed by atoms with Gasteiger partial charge in [-0.1, -0.05) is 42.5 Å². The van der Waals surface area contributed by atoms with Gasteiger partial charge in [-0.3, -0.25) is 14.8 Å². The van der Waals surface area contributed by atoms with Gasteiger partial charge in [0.2, 0.25) is 0 Å². The summed E-state index contributed by atoms with van der Waals surface area (Å²) in [5, 5.41) is 0. The predicted octanol–water partition coefficient (Wildman–Crippen LogP) is 6.14. The second kappa shape index (κ2) is 12.0. The molecule has 0 radical (unpaired) electrons. The highest BCUT2D eigenvalue weighted by Crippen LogP contribution is 2.16. The number of aryl methyl sites for hydroxylation is 2. The van der Waals surface area contributed by atoms with Gasteiger partial charge < -0.3 is 4.74 Å². The summed E-state index contributed by atoms with van der Waals surface area (Å²) in [5.74, 6) is 0.208. The van der Waals surface area contributed by atoms with Crippen LogP contribution in [0.25, 0.3) is 0 Å². The smallest absolute Gasteiger partial charge is 0.387 e. The third-order valence-corrected chi connectivity index (χ3v) is 5.50. The van der Waals surface area contributed by atoms with Crippen molar-refractivity contribution in [3.05, 3.63) is 100 Å². The molecule has 0 amide bonds. The lowest BCUT2D eigenvalue weighted by Gasteiger charge is -2.07. The summed E-state index contributed by atoms with van der Waals surface area (Å²) < 4.78 is 28.9. The Kier molecular flexibility index (Phi) is 8.79. The molecule has 0 spiro atoms. The minimum Gasteiger partial charge on any atom is -0.435 e. The van der Waals surface area contributed by atoms with Gasteiger partial charge >= 0.3 is 6.61 Å². The lowest BCUT2D eigenvalue weighted by atomic mass is 9.98. The second-order valence-electron chi connectivity index (χ2n) is 8.10. The van der Waals surface area contributed by atoms with E-state index in [1.165, 1.54) is 12.1 Å². The fourth-order valence-corrected chi connectivity index (χ4v) is 3.52. The van der Waals surface area contributed by atoms with Crippen molar-refractivity contribution in [3.63, 3.8) is 0 Å². The van der Waals surface area contributed by atoms with E-state index < -0.39 is 6.61 Å². The molecule has 0 unspecified atom stereocenters. The minimum atomic E-state index is -2.84. The highest BCUT2D eigenvalue weighted by Gasteiger charge is 2.08. The summed E-state index contributed by atoms with van der Waals surface area (Å²) in [6, 6.07) is 20.3. The average molecular weight is 463 g/mol. The molecule has 6 heteroatoms. The summed E-state index contributed by atoms with van der Waals surface area (Å²) in [7, 11) is 0. The van der Waals surface area contributed by atoms with Gasteiger partial charge in [0, 0.05) is 18.3 Å². The highest BCUT2D eigenvalue weighted by molar-refractivity contribution is 5.98. The van der Waals surface area contributed by atoms with E-state index in [2.05, 4.69) is 14.7 Å². The Morgan fingerprint density at radius 2 is 1.62 bits per heavy atom. The zero-order chi connectivity index (χ0) is 24.5. The fourth-order valence-electron chi connectivity index (χ4n) is 3.52. The molecule has 176 valence electrons. The standard InChI is InChI=1S/C28H28F2N2O2/c1-19-5-4-6-20(2)27(19)15-25(33)18-31-16-22-7-9-23(10-8-22)17-32-21(3)24-11-13-26(14-12-24)34-28(29)30/h4-14,16,28H,15,17-18H2,1-3H3. The van der Waals surface area contributed by atoms with Gasteiger partial charge in [-0.25, -0.2) is 0 Å². The minimum absolute atomic E-state index is 0.0869. The molecular weight excluding hydrogens is 434 g/mol. The van der Waals surface area contributed by atoms with Gasteiger partial charge in [0.15, 0.2) is 5.78 Å². The van der Waals surface area contributed by atoms with Crippen LogP contribution >= 0.6 is 0 Å². The first kappa shape index (κ1) is 25.0. The Morgan fingerprint density at radius 1 is 0.971 bits per heavy atom. The number of ether oxygens (including phenoxy) is 1. The molecule has 0 fully saturated rings. The molecular formula is C28H28F2N2O2. The number of rotatable bonds is 10. The summed E-state index contributed by atoms with van der Waals surface area (Å²) in [6.45, 7) is 3.73. The number of hydrogen-bond acceptors (Lipinski definition) is 4. The third kappa shape index (κ3) is 7.44. The van der Waals surface area contributed by atoms with Crippen molar-refractivity contribution in [1.82, 2.24) is 0 Å². The third-order valence-electron chi connectivity index (χ3n) is 5.50. The number of alkyl halides is 2. The number of carbonyl (C=O) groups excluding carboxylic acids is 1. The maximum Gasteiger partial charge on any atom is 0.387 e. The molecule has 3 aromatic rings. The molecule has 0 heterocycles. The first-order valence-corrected chi connectivity index (χ1v) is 11.0. The molecule has 0 aliphatic heterocycles. The fraction of sp³-hybridized carbons (Fsp3) is 0.250. The monoisotopic (exact) mass is 462 g/mol. The van der Waals surface area contributed by atoms with Crippen molar-refractivity contribution in [2.45, 2.75) is 40.3 Å². The van der Waals surface area contributed by atoms with E-state index in [1.807, 2.05) is 63.2 Å². The number of ketones is 1. The maximum atomic E-state index is 12.3. The van der Waals surface area contributed by atoms with E-state index in [1.54, 1.807) is 18.3 Å². The van der Waals surface area contributed by atoms with E-state index in [0.29, 0.717) is 13.0 Å². The van der Waals surface area contributed by atoms with E-state index >= 15 is 0 Å². The number of aliphatic imine (C=N–C) groups is 2. The summed E-state index contributed by atoms with van der Waals surface area (Å²) in [5.41, 5.74) is 6.93. The molecule has 3 aromatic carbocycles. The maximum absolute atomic E-state index is 12.3. The lowest BCUT2D eigenvalue weighted by Crippen LogP contribution is -2.09. The molecule has 4 nitrogen and oxygen atoms in total. The molecule has 0 saturated carbocycles. The van der Waals surface area contributed by atoms with E-state index in [9.17, 15) is 13.6 Å². The van der Waals surface area contributed by atoms with Crippen LogP contribution in [0.4, 0.5) is 8.78 Å². The van der Waals surface area contributed by atoms with Gasteiger partial charge in [-0.15, -0.1) is 0 Å². The van der Waals surface area contributed by atoms with Crippen LogP contribution in [0.15, 0.2) is 76.7 Å². The van der Waals surface area contributed by atoms with Gasteiger partial charge in [-0.2, -0.15) is 8.78 Å². The van der Waals surface area contributed by atoms with Gasteiger partial charge in [0.25, 0.3) is 0 Å². The number of Topliss-reactive ketones (excluding diaryl/α,β-unsaturated/α-hetero) is 1. The van der Waals surface area contributed by atoms with Gasteiger partial charge in [-0.05, 0) is 78.4 Å². The largest absolute Gasteiger partial charge is 0.435 e. The molecule has 0 atom stereocenters. The van der Waals surface area contributed by atoms with Crippen molar-refractivity contribution in [2.75, 3.05) is 6.54 Å². The Balaban J connectivity index is 1.51. The van der Waals surface area contributed by atoms with Crippen molar-refractivity contribution < 1.29 is 18.3 Å². The molecule has 0 bridgehead atoms. The van der Waals surface area contributed by atoms with Crippen LogP contribution in [0.5, 0.6) is 5.75 Å². The molecule has 0 aliphatic carbocycles. The quantitative estimate of drug-likeness (QED) is 0.340. The second-order valence-corrected chi connectivity index (χ2v) is 8.10.